The average molecular weight is 323 g/mol. The predicted octanol–water partition coefficient (Wildman–Crippen LogP) is 4.33. The monoisotopic (exact) mass is 323 g/mol. The maximum atomic E-state index is 11.8. The Morgan fingerprint density at radius 2 is 1.92 bits per heavy atom. The van der Waals surface area contributed by atoms with Crippen molar-refractivity contribution < 1.29 is 9.90 Å². The van der Waals surface area contributed by atoms with Crippen LogP contribution >= 0.6 is 0 Å². The molecule has 1 N–H and O–H groups in total. The number of likely N-dealkylation sites (tertiary alicyclic amines) is 1. The van der Waals surface area contributed by atoms with E-state index < -0.39 is 12.0 Å². The van der Waals surface area contributed by atoms with Gasteiger partial charge in [0.1, 0.15) is 6.04 Å². The largest absolute Gasteiger partial charge is 0.480 e. The molecular weight excluding hydrogens is 298 g/mol. The number of aryl methyl sites for hydroxylation is 2. The Labute approximate surface area is 143 Å². The fourth-order valence-electron chi connectivity index (χ4n) is 3.81. The highest BCUT2D eigenvalue weighted by atomic mass is 16.4. The zero-order chi connectivity index (χ0) is 17.1. The number of benzene rings is 2. The summed E-state index contributed by atoms with van der Waals surface area (Å²) in [4.78, 5) is 14.0. The second kappa shape index (κ2) is 7.18. The van der Waals surface area contributed by atoms with E-state index in [4.69, 9.17) is 0 Å². The number of carbonyl (C=O) groups is 1. The normalized spacial score (nSPS) is 19.8. The molecule has 1 saturated heterocycles. The lowest BCUT2D eigenvalue weighted by molar-refractivity contribution is -0.145. The van der Waals surface area contributed by atoms with Crippen LogP contribution in [0.4, 0.5) is 0 Å². The summed E-state index contributed by atoms with van der Waals surface area (Å²) in [5.41, 5.74) is 4.79. The molecule has 126 valence electrons. The Hall–Kier alpha value is -2.13. The number of hydrogen-bond donors (Lipinski definition) is 1. The van der Waals surface area contributed by atoms with Crippen LogP contribution in [0.3, 0.4) is 0 Å². The first kappa shape index (κ1) is 16.7. The average Bonchev–Trinajstić information content (AvgIpc) is 2.57. The van der Waals surface area contributed by atoms with Gasteiger partial charge in [-0.15, -0.1) is 0 Å². The van der Waals surface area contributed by atoms with Crippen LogP contribution in [0.5, 0.6) is 0 Å². The smallest absolute Gasteiger partial charge is 0.320 e. The number of nitrogens with zero attached hydrogens (tertiary/aromatic N) is 1. The fourth-order valence-corrected chi connectivity index (χ4v) is 3.81. The quantitative estimate of drug-likeness (QED) is 0.910. The number of rotatable bonds is 4. The van der Waals surface area contributed by atoms with E-state index in [9.17, 15) is 9.90 Å². The van der Waals surface area contributed by atoms with Gasteiger partial charge in [-0.2, -0.15) is 0 Å². The van der Waals surface area contributed by atoms with Gasteiger partial charge in [0, 0.05) is 0 Å². The molecule has 1 aliphatic rings. The predicted molar refractivity (Wildman–Crippen MR) is 96.2 cm³/mol. The molecule has 0 bridgehead atoms. The standard InChI is InChI=1S/C21H25NO2/c1-15-8-7-10-17(14-15)20(18-11-4-3-9-16(18)2)22-13-6-5-12-19(22)21(23)24/h3-4,7-11,14,19-20H,5-6,12-13H2,1-2H3,(H,23,24). The number of piperidine rings is 1. The van der Waals surface area contributed by atoms with Crippen molar-refractivity contribution in [2.24, 2.45) is 0 Å². The van der Waals surface area contributed by atoms with E-state index in [1.165, 1.54) is 22.3 Å². The minimum Gasteiger partial charge on any atom is -0.480 e. The Morgan fingerprint density at radius 1 is 1.12 bits per heavy atom. The van der Waals surface area contributed by atoms with Gasteiger partial charge in [-0.25, -0.2) is 0 Å². The van der Waals surface area contributed by atoms with Gasteiger partial charge >= 0.3 is 5.97 Å². The second-order valence-electron chi connectivity index (χ2n) is 6.76. The van der Waals surface area contributed by atoms with Crippen molar-refractivity contribution in [3.05, 3.63) is 70.8 Å². The van der Waals surface area contributed by atoms with Gasteiger partial charge in [-0.3, -0.25) is 9.69 Å². The summed E-state index contributed by atoms with van der Waals surface area (Å²) < 4.78 is 0. The third-order valence-electron chi connectivity index (χ3n) is 5.00. The molecule has 2 unspecified atom stereocenters. The van der Waals surface area contributed by atoms with Crippen LogP contribution in [0.1, 0.15) is 47.6 Å². The third-order valence-corrected chi connectivity index (χ3v) is 5.00. The highest BCUT2D eigenvalue weighted by molar-refractivity contribution is 5.73. The van der Waals surface area contributed by atoms with Crippen molar-refractivity contribution in [1.29, 1.82) is 0 Å². The second-order valence-corrected chi connectivity index (χ2v) is 6.76. The molecule has 1 fully saturated rings. The maximum absolute atomic E-state index is 11.8. The van der Waals surface area contributed by atoms with Crippen LogP contribution < -0.4 is 0 Å². The Kier molecular flexibility index (Phi) is 5.00. The molecule has 0 spiro atoms. The van der Waals surface area contributed by atoms with Gasteiger partial charge in [-0.05, 0) is 49.9 Å². The zero-order valence-electron chi connectivity index (χ0n) is 14.4. The van der Waals surface area contributed by atoms with Crippen molar-refractivity contribution in [2.75, 3.05) is 6.54 Å². The summed E-state index contributed by atoms with van der Waals surface area (Å²) in [6.07, 6.45) is 2.77. The molecule has 3 rings (SSSR count). The van der Waals surface area contributed by atoms with E-state index in [1.807, 2.05) is 12.1 Å². The van der Waals surface area contributed by atoms with E-state index in [-0.39, 0.29) is 6.04 Å². The molecule has 2 aromatic carbocycles. The van der Waals surface area contributed by atoms with Gasteiger partial charge in [0.05, 0.1) is 6.04 Å². The van der Waals surface area contributed by atoms with E-state index in [2.05, 4.69) is 55.1 Å². The van der Waals surface area contributed by atoms with Crippen molar-refractivity contribution in [1.82, 2.24) is 4.90 Å². The van der Waals surface area contributed by atoms with Crippen LogP contribution in [-0.2, 0) is 4.79 Å². The lowest BCUT2D eigenvalue weighted by Gasteiger charge is -2.40. The van der Waals surface area contributed by atoms with Gasteiger partial charge in [0.2, 0.25) is 0 Å². The van der Waals surface area contributed by atoms with Crippen LogP contribution in [0.2, 0.25) is 0 Å². The maximum Gasteiger partial charge on any atom is 0.320 e. The van der Waals surface area contributed by atoms with E-state index in [0.717, 1.165) is 25.8 Å². The molecule has 3 nitrogen and oxygen atoms in total. The molecule has 1 heterocycles. The summed E-state index contributed by atoms with van der Waals surface area (Å²) in [6, 6.07) is 16.4. The van der Waals surface area contributed by atoms with Crippen LogP contribution in [-0.4, -0.2) is 28.6 Å². The third kappa shape index (κ3) is 3.36. The molecule has 0 aromatic heterocycles. The first-order valence-corrected chi connectivity index (χ1v) is 8.68. The van der Waals surface area contributed by atoms with E-state index >= 15 is 0 Å². The van der Waals surface area contributed by atoms with Crippen molar-refractivity contribution in [2.45, 2.75) is 45.2 Å². The number of hydrogen-bond acceptors (Lipinski definition) is 2. The molecule has 1 aliphatic heterocycles. The first-order valence-electron chi connectivity index (χ1n) is 8.68. The van der Waals surface area contributed by atoms with Crippen LogP contribution in [0.15, 0.2) is 48.5 Å². The molecule has 0 radical (unpaired) electrons. The molecule has 0 saturated carbocycles. The summed E-state index contributed by atoms with van der Waals surface area (Å²) >= 11 is 0. The minimum absolute atomic E-state index is 0.00694. The highest BCUT2D eigenvalue weighted by Crippen LogP contribution is 2.35. The Bertz CT molecular complexity index is 725. The van der Waals surface area contributed by atoms with Crippen molar-refractivity contribution in [3.63, 3.8) is 0 Å². The molecule has 0 amide bonds. The molecule has 24 heavy (non-hydrogen) atoms. The lowest BCUT2D eigenvalue weighted by atomic mass is 9.89. The zero-order valence-corrected chi connectivity index (χ0v) is 14.4. The van der Waals surface area contributed by atoms with E-state index in [1.54, 1.807) is 0 Å². The highest BCUT2D eigenvalue weighted by Gasteiger charge is 2.35. The molecule has 2 aromatic rings. The van der Waals surface area contributed by atoms with E-state index in [0.29, 0.717) is 0 Å². The first-order chi connectivity index (χ1) is 11.6. The summed E-state index contributed by atoms with van der Waals surface area (Å²) in [6.45, 7) is 5.02. The molecular formula is C21H25NO2. The molecule has 3 heteroatoms. The number of aliphatic carboxylic acids is 1. The minimum atomic E-state index is -0.707. The number of carboxylic acids is 1. The summed E-state index contributed by atoms with van der Waals surface area (Å²) in [5.74, 6) is -0.707. The fraction of sp³-hybridized carbons (Fsp3) is 0.381. The van der Waals surface area contributed by atoms with Gasteiger partial charge in [0.25, 0.3) is 0 Å². The summed E-state index contributed by atoms with van der Waals surface area (Å²) in [7, 11) is 0. The van der Waals surface area contributed by atoms with Crippen molar-refractivity contribution >= 4 is 5.97 Å². The van der Waals surface area contributed by atoms with Crippen LogP contribution in [0, 0.1) is 13.8 Å². The lowest BCUT2D eigenvalue weighted by Crippen LogP contribution is -2.47. The Balaban J connectivity index is 2.11. The Morgan fingerprint density at radius 3 is 2.62 bits per heavy atom. The van der Waals surface area contributed by atoms with Gasteiger partial charge in [0.15, 0.2) is 0 Å². The van der Waals surface area contributed by atoms with Crippen LogP contribution in [0.25, 0.3) is 0 Å². The molecule has 2 atom stereocenters. The number of carboxylic acid groups (broad SMARTS) is 1. The SMILES string of the molecule is Cc1cccc(C(c2ccccc2C)N2CCCCC2C(=O)O)c1. The molecule has 0 aliphatic carbocycles. The van der Waals surface area contributed by atoms with Crippen molar-refractivity contribution in [3.8, 4) is 0 Å². The summed E-state index contributed by atoms with van der Waals surface area (Å²) in [5, 5.41) is 9.73. The van der Waals surface area contributed by atoms with Gasteiger partial charge < -0.3 is 5.11 Å². The topological polar surface area (TPSA) is 40.5 Å². The van der Waals surface area contributed by atoms with Gasteiger partial charge in [-0.1, -0.05) is 60.5 Å².